The molecule has 8 heteroatoms. The number of para-hydroxylation sites is 2. The van der Waals surface area contributed by atoms with Gasteiger partial charge in [0.1, 0.15) is 11.0 Å². The minimum absolute atomic E-state index is 0.0565. The fourth-order valence-corrected chi connectivity index (χ4v) is 3.27. The highest BCUT2D eigenvalue weighted by Gasteiger charge is 2.32. The maximum absolute atomic E-state index is 12.2. The van der Waals surface area contributed by atoms with Crippen molar-refractivity contribution in [2.24, 2.45) is 4.99 Å². The lowest BCUT2D eigenvalue weighted by Gasteiger charge is -2.10. The van der Waals surface area contributed by atoms with Gasteiger partial charge in [-0.3, -0.25) is 14.6 Å². The normalized spacial score (nSPS) is 19.9. The van der Waals surface area contributed by atoms with Crippen LogP contribution in [0.3, 0.4) is 0 Å². The molecule has 1 aromatic rings. The molecular weight excluding hydrogens is 330 g/mol. The van der Waals surface area contributed by atoms with Crippen molar-refractivity contribution in [2.45, 2.75) is 24.6 Å². The zero-order chi connectivity index (χ0) is 17.5. The molecule has 0 aromatic heterocycles. The van der Waals surface area contributed by atoms with Gasteiger partial charge >= 0.3 is 0 Å². The molecule has 0 saturated carbocycles. The molecule has 1 aliphatic heterocycles. The lowest BCUT2D eigenvalue weighted by atomic mass is 10.2. The average molecular weight is 351 g/mol. The number of nitrogens with zero attached hydrogens (tertiary/aromatic N) is 1. The number of rotatable bonds is 7. The third-order valence-corrected chi connectivity index (χ3v) is 4.37. The maximum Gasteiger partial charge on any atom is 0.240 e. The van der Waals surface area contributed by atoms with Crippen LogP contribution >= 0.6 is 11.8 Å². The summed E-state index contributed by atoms with van der Waals surface area (Å²) in [4.78, 5) is 28.5. The van der Waals surface area contributed by atoms with Gasteiger partial charge in [-0.1, -0.05) is 23.9 Å². The van der Waals surface area contributed by atoms with Gasteiger partial charge in [0.2, 0.25) is 11.8 Å². The van der Waals surface area contributed by atoms with E-state index in [1.54, 1.807) is 25.3 Å². The summed E-state index contributed by atoms with van der Waals surface area (Å²) in [6.45, 7) is 2.36. The summed E-state index contributed by atoms with van der Waals surface area (Å²) in [7, 11) is 3.14. The van der Waals surface area contributed by atoms with Crippen LogP contribution < -0.4 is 15.4 Å². The average Bonchev–Trinajstić information content (AvgIpc) is 2.87. The van der Waals surface area contributed by atoms with Gasteiger partial charge in [-0.05, 0) is 19.1 Å². The number of anilines is 1. The lowest BCUT2D eigenvalue weighted by molar-refractivity contribution is -0.122. The highest BCUT2D eigenvalue weighted by atomic mass is 32.2. The number of nitrogens with one attached hydrogen (secondary N) is 2. The number of amidine groups is 1. The summed E-state index contributed by atoms with van der Waals surface area (Å²) >= 11 is 1.26. The van der Waals surface area contributed by atoms with Gasteiger partial charge in [0.05, 0.1) is 25.4 Å². The van der Waals surface area contributed by atoms with Crippen molar-refractivity contribution in [3.63, 3.8) is 0 Å². The highest BCUT2D eigenvalue weighted by molar-refractivity contribution is 8.15. The molecule has 0 spiro atoms. The number of benzene rings is 1. The van der Waals surface area contributed by atoms with Gasteiger partial charge in [-0.2, -0.15) is 0 Å². The molecule has 0 unspecified atom stereocenters. The van der Waals surface area contributed by atoms with Gasteiger partial charge in [0.25, 0.3) is 0 Å². The molecule has 1 saturated heterocycles. The largest absolute Gasteiger partial charge is 0.495 e. The Bertz CT molecular complexity index is 636. The van der Waals surface area contributed by atoms with Crippen molar-refractivity contribution in [2.75, 3.05) is 26.1 Å². The monoisotopic (exact) mass is 351 g/mol. The Morgan fingerprint density at radius 2 is 2.17 bits per heavy atom. The van der Waals surface area contributed by atoms with Crippen LogP contribution in [0.4, 0.5) is 5.69 Å². The van der Waals surface area contributed by atoms with Gasteiger partial charge in [-0.15, -0.1) is 0 Å². The first-order valence-corrected chi connectivity index (χ1v) is 8.38. The van der Waals surface area contributed by atoms with E-state index in [9.17, 15) is 9.59 Å². The van der Waals surface area contributed by atoms with Crippen molar-refractivity contribution >= 4 is 34.4 Å². The number of hydrogen-bond acceptors (Lipinski definition) is 6. The Balaban J connectivity index is 1.93. The van der Waals surface area contributed by atoms with Crippen molar-refractivity contribution in [3.8, 4) is 5.75 Å². The van der Waals surface area contributed by atoms with Crippen molar-refractivity contribution in [1.82, 2.24) is 5.32 Å². The number of carbonyl (C=O) groups excluding carboxylic acids is 2. The van der Waals surface area contributed by atoms with E-state index >= 15 is 0 Å². The Hall–Kier alpha value is -2.06. The summed E-state index contributed by atoms with van der Waals surface area (Å²) < 4.78 is 10.2. The number of ether oxygens (including phenoxy) is 2. The van der Waals surface area contributed by atoms with Crippen LogP contribution in [0.15, 0.2) is 29.3 Å². The molecule has 130 valence electrons. The smallest absolute Gasteiger partial charge is 0.240 e. The summed E-state index contributed by atoms with van der Waals surface area (Å²) in [5.74, 6) is 0.113. The van der Waals surface area contributed by atoms with Crippen LogP contribution in [0.5, 0.6) is 5.75 Å². The Kier molecular flexibility index (Phi) is 6.62. The van der Waals surface area contributed by atoms with Gasteiger partial charge in [0.15, 0.2) is 5.17 Å². The summed E-state index contributed by atoms with van der Waals surface area (Å²) in [5, 5.41) is 5.50. The number of amides is 2. The number of thioether (sulfide) groups is 1. The lowest BCUT2D eigenvalue weighted by Crippen LogP contribution is -2.28. The second-order valence-corrected chi connectivity index (χ2v) is 6.48. The summed E-state index contributed by atoms with van der Waals surface area (Å²) in [6, 6.07) is 7.07. The van der Waals surface area contributed by atoms with E-state index in [4.69, 9.17) is 9.47 Å². The minimum Gasteiger partial charge on any atom is -0.495 e. The summed E-state index contributed by atoms with van der Waals surface area (Å²) in [6.07, 6.45) is 0.0617. The van der Waals surface area contributed by atoms with Gasteiger partial charge < -0.3 is 20.1 Å². The van der Waals surface area contributed by atoms with E-state index < -0.39 is 5.25 Å². The zero-order valence-corrected chi connectivity index (χ0v) is 14.7. The molecule has 2 rings (SSSR count). The number of methoxy groups -OCH3 is 2. The highest BCUT2D eigenvalue weighted by Crippen LogP contribution is 2.26. The molecule has 7 nitrogen and oxygen atoms in total. The fraction of sp³-hybridized carbons (Fsp3) is 0.438. The molecule has 1 aliphatic rings. The molecule has 24 heavy (non-hydrogen) atoms. The predicted octanol–water partition coefficient (Wildman–Crippen LogP) is 1.65. The molecule has 2 atom stereocenters. The number of hydrogen-bond donors (Lipinski definition) is 2. The van der Waals surface area contributed by atoms with Crippen molar-refractivity contribution in [1.29, 1.82) is 0 Å². The molecular formula is C16H21N3O4S. The molecule has 0 aliphatic carbocycles. The topological polar surface area (TPSA) is 89.0 Å². The van der Waals surface area contributed by atoms with Gasteiger partial charge in [0, 0.05) is 13.5 Å². The fourth-order valence-electron chi connectivity index (χ4n) is 2.20. The van der Waals surface area contributed by atoms with Crippen molar-refractivity contribution in [3.05, 3.63) is 24.3 Å². The molecule has 1 fully saturated rings. The third-order valence-electron chi connectivity index (χ3n) is 3.27. The second kappa shape index (κ2) is 8.70. The predicted molar refractivity (Wildman–Crippen MR) is 94.5 cm³/mol. The number of aliphatic imine (C=N–C) groups is 1. The zero-order valence-electron chi connectivity index (χ0n) is 13.9. The molecule has 2 amide bonds. The van der Waals surface area contributed by atoms with Crippen molar-refractivity contribution < 1.29 is 19.1 Å². The standard InChI is InChI=1S/C16H21N3O4S/c1-10(9-22-2)17-16-19-15(21)13(24-16)8-14(20)18-11-6-4-5-7-12(11)23-3/h4-7,10,13H,8-9H2,1-3H3,(H,18,20)(H,17,19,21)/t10-,13+/m0/s1. The van der Waals surface area contributed by atoms with E-state index in [0.717, 1.165) is 0 Å². The SMILES string of the molecule is COC[C@H](C)N=C1NC(=O)[C@@H](CC(=O)Nc2ccccc2OC)S1. The van der Waals surface area contributed by atoms with E-state index in [-0.39, 0.29) is 24.3 Å². The molecule has 1 heterocycles. The van der Waals surface area contributed by atoms with E-state index in [1.165, 1.54) is 18.9 Å². The Morgan fingerprint density at radius 3 is 2.88 bits per heavy atom. The van der Waals surface area contributed by atoms with Gasteiger partial charge in [-0.25, -0.2) is 0 Å². The van der Waals surface area contributed by atoms with E-state index in [0.29, 0.717) is 23.2 Å². The first-order valence-electron chi connectivity index (χ1n) is 7.50. The summed E-state index contributed by atoms with van der Waals surface area (Å²) in [5.41, 5.74) is 0.580. The van der Waals surface area contributed by atoms with Crippen LogP contribution in [-0.4, -0.2) is 49.1 Å². The molecule has 2 N–H and O–H groups in total. The first kappa shape index (κ1) is 18.3. The number of carbonyl (C=O) groups is 2. The molecule has 0 bridgehead atoms. The van der Waals surface area contributed by atoms with E-state index in [1.807, 2.05) is 13.0 Å². The third kappa shape index (κ3) is 4.97. The van der Waals surface area contributed by atoms with Crippen LogP contribution in [0, 0.1) is 0 Å². The Labute approximate surface area is 145 Å². The second-order valence-electron chi connectivity index (χ2n) is 5.29. The Morgan fingerprint density at radius 1 is 1.42 bits per heavy atom. The minimum atomic E-state index is -0.492. The van der Waals surface area contributed by atoms with Crippen LogP contribution in [0.1, 0.15) is 13.3 Å². The quantitative estimate of drug-likeness (QED) is 0.780. The van der Waals surface area contributed by atoms with Crippen LogP contribution in [-0.2, 0) is 14.3 Å². The first-order chi connectivity index (χ1) is 11.5. The maximum atomic E-state index is 12.2. The van der Waals surface area contributed by atoms with Crippen LogP contribution in [0.25, 0.3) is 0 Å². The molecule has 1 aromatic carbocycles. The van der Waals surface area contributed by atoms with Crippen LogP contribution in [0.2, 0.25) is 0 Å². The molecule has 0 radical (unpaired) electrons. The van der Waals surface area contributed by atoms with E-state index in [2.05, 4.69) is 15.6 Å².